The number of carbonyl (C=O) groups excluding carboxylic acids is 1. The van der Waals surface area contributed by atoms with Crippen LogP contribution in [0.1, 0.15) is 24.0 Å². The molecule has 0 aliphatic carbocycles. The van der Waals surface area contributed by atoms with Crippen molar-refractivity contribution in [3.05, 3.63) is 52.5 Å². The van der Waals surface area contributed by atoms with Gasteiger partial charge in [0, 0.05) is 18.1 Å². The predicted molar refractivity (Wildman–Crippen MR) is 113 cm³/mol. The molecular weight excluding hydrogens is 376 g/mol. The maximum Gasteiger partial charge on any atom is 0.238 e. The van der Waals surface area contributed by atoms with Crippen LogP contribution in [-0.2, 0) is 4.79 Å². The lowest BCUT2D eigenvalue weighted by molar-refractivity contribution is -0.117. The topological polar surface area (TPSA) is 50.8 Å². The molecule has 1 saturated heterocycles. The van der Waals surface area contributed by atoms with Gasteiger partial charge in [0.1, 0.15) is 17.6 Å². The van der Waals surface area contributed by atoms with E-state index >= 15 is 0 Å². The molecule has 3 rings (SSSR count). The van der Waals surface area contributed by atoms with Crippen LogP contribution < -0.4 is 14.8 Å². The minimum absolute atomic E-state index is 0.0749. The summed E-state index contributed by atoms with van der Waals surface area (Å²) in [7, 11) is 1.57. The van der Waals surface area contributed by atoms with Gasteiger partial charge in [0.2, 0.25) is 5.91 Å². The molecule has 0 radical (unpaired) electrons. The Kier molecular flexibility index (Phi) is 6.81. The first kappa shape index (κ1) is 20.5. The van der Waals surface area contributed by atoms with Crippen LogP contribution in [0.3, 0.4) is 0 Å². The van der Waals surface area contributed by atoms with Crippen molar-refractivity contribution in [3.8, 4) is 11.5 Å². The maximum absolute atomic E-state index is 12.4. The van der Waals surface area contributed by atoms with Crippen molar-refractivity contribution in [2.24, 2.45) is 0 Å². The third-order valence-electron chi connectivity index (χ3n) is 5.12. The third-order valence-corrected chi connectivity index (χ3v) is 5.35. The fourth-order valence-corrected chi connectivity index (χ4v) is 3.51. The second-order valence-corrected chi connectivity index (χ2v) is 7.67. The Bertz CT molecular complexity index is 833. The Hall–Kier alpha value is -2.24. The van der Waals surface area contributed by atoms with Gasteiger partial charge in [-0.25, -0.2) is 0 Å². The van der Waals surface area contributed by atoms with Crippen LogP contribution in [0, 0.1) is 13.8 Å². The molecule has 5 nitrogen and oxygen atoms in total. The Morgan fingerprint density at radius 2 is 1.89 bits per heavy atom. The molecule has 1 aliphatic rings. The van der Waals surface area contributed by atoms with Crippen molar-refractivity contribution in [1.29, 1.82) is 0 Å². The van der Waals surface area contributed by atoms with E-state index in [9.17, 15) is 4.79 Å². The summed E-state index contributed by atoms with van der Waals surface area (Å²) in [6.07, 6.45) is 2.00. The van der Waals surface area contributed by atoms with Gasteiger partial charge in [0.25, 0.3) is 0 Å². The standard InChI is InChI=1S/C22H27ClN2O3/c1-15-4-6-19(12-16(15)2)28-18-8-10-25(11-9-18)14-22(26)24-20-13-17(23)5-7-21(20)27-3/h4-7,12-13,18H,8-11,14H2,1-3H3,(H,24,26). The number of hydrogen-bond donors (Lipinski definition) is 1. The SMILES string of the molecule is COc1ccc(Cl)cc1NC(=O)CN1CCC(Oc2ccc(C)c(C)c2)CC1. The number of benzene rings is 2. The van der Waals surface area contributed by atoms with Gasteiger partial charge in [-0.3, -0.25) is 9.69 Å². The zero-order valence-corrected chi connectivity index (χ0v) is 17.4. The van der Waals surface area contributed by atoms with Gasteiger partial charge < -0.3 is 14.8 Å². The number of nitrogens with one attached hydrogen (secondary N) is 1. The Morgan fingerprint density at radius 1 is 1.14 bits per heavy atom. The number of nitrogens with zero attached hydrogens (tertiary/aromatic N) is 1. The second kappa shape index (κ2) is 9.30. The summed E-state index contributed by atoms with van der Waals surface area (Å²) in [5.41, 5.74) is 3.10. The Balaban J connectivity index is 1.48. The highest BCUT2D eigenvalue weighted by Gasteiger charge is 2.22. The molecule has 1 amide bonds. The molecule has 0 unspecified atom stereocenters. The Labute approximate surface area is 171 Å². The molecule has 2 aromatic carbocycles. The van der Waals surface area contributed by atoms with Gasteiger partial charge in [-0.2, -0.15) is 0 Å². The zero-order valence-electron chi connectivity index (χ0n) is 16.6. The average Bonchev–Trinajstić information content (AvgIpc) is 2.66. The van der Waals surface area contributed by atoms with Gasteiger partial charge in [0.15, 0.2) is 0 Å². The van der Waals surface area contributed by atoms with E-state index in [0.717, 1.165) is 31.7 Å². The number of carbonyl (C=O) groups is 1. The molecule has 150 valence electrons. The molecule has 0 atom stereocenters. The lowest BCUT2D eigenvalue weighted by Gasteiger charge is -2.31. The second-order valence-electron chi connectivity index (χ2n) is 7.23. The van der Waals surface area contributed by atoms with Crippen molar-refractivity contribution in [2.45, 2.75) is 32.8 Å². The fourth-order valence-electron chi connectivity index (χ4n) is 3.34. The van der Waals surface area contributed by atoms with Crippen LogP contribution in [0.2, 0.25) is 5.02 Å². The molecule has 1 aliphatic heterocycles. The van der Waals surface area contributed by atoms with Crippen LogP contribution in [-0.4, -0.2) is 43.7 Å². The number of rotatable bonds is 6. The number of likely N-dealkylation sites (tertiary alicyclic amines) is 1. The molecule has 6 heteroatoms. The molecule has 1 heterocycles. The quantitative estimate of drug-likeness (QED) is 0.775. The summed E-state index contributed by atoms with van der Waals surface area (Å²) in [5.74, 6) is 1.44. The van der Waals surface area contributed by atoms with Crippen molar-refractivity contribution in [1.82, 2.24) is 4.90 Å². The van der Waals surface area contributed by atoms with E-state index in [1.165, 1.54) is 11.1 Å². The summed E-state index contributed by atoms with van der Waals surface area (Å²) in [5, 5.41) is 3.45. The molecule has 0 bridgehead atoms. The van der Waals surface area contributed by atoms with Gasteiger partial charge in [0.05, 0.1) is 19.3 Å². The number of halogens is 1. The summed E-state index contributed by atoms with van der Waals surface area (Å²) in [6, 6.07) is 11.4. The Morgan fingerprint density at radius 3 is 2.57 bits per heavy atom. The highest BCUT2D eigenvalue weighted by molar-refractivity contribution is 6.31. The fraction of sp³-hybridized carbons (Fsp3) is 0.409. The van der Waals surface area contributed by atoms with Gasteiger partial charge in [-0.1, -0.05) is 17.7 Å². The monoisotopic (exact) mass is 402 g/mol. The number of anilines is 1. The molecular formula is C22H27ClN2O3. The maximum atomic E-state index is 12.4. The molecule has 2 aromatic rings. The van der Waals surface area contributed by atoms with E-state index in [0.29, 0.717) is 23.0 Å². The predicted octanol–water partition coefficient (Wildman–Crippen LogP) is 4.45. The molecule has 0 spiro atoms. The summed E-state index contributed by atoms with van der Waals surface area (Å²) < 4.78 is 11.4. The molecule has 28 heavy (non-hydrogen) atoms. The lowest BCUT2D eigenvalue weighted by atomic mass is 10.1. The minimum atomic E-state index is -0.0749. The number of amides is 1. The highest BCUT2D eigenvalue weighted by Crippen LogP contribution is 2.28. The van der Waals surface area contributed by atoms with Crippen LogP contribution in [0.25, 0.3) is 0 Å². The number of ether oxygens (including phenoxy) is 2. The number of piperidine rings is 1. The molecule has 0 saturated carbocycles. The lowest BCUT2D eigenvalue weighted by Crippen LogP contribution is -2.42. The number of methoxy groups -OCH3 is 1. The van der Waals surface area contributed by atoms with E-state index in [-0.39, 0.29) is 12.0 Å². The molecule has 0 aromatic heterocycles. The minimum Gasteiger partial charge on any atom is -0.495 e. The highest BCUT2D eigenvalue weighted by atomic mass is 35.5. The van der Waals surface area contributed by atoms with Crippen molar-refractivity contribution < 1.29 is 14.3 Å². The van der Waals surface area contributed by atoms with E-state index in [1.807, 2.05) is 6.07 Å². The van der Waals surface area contributed by atoms with Crippen LogP contribution in [0.5, 0.6) is 11.5 Å². The molecule has 1 N–H and O–H groups in total. The van der Waals surface area contributed by atoms with Crippen molar-refractivity contribution in [2.75, 3.05) is 32.1 Å². The van der Waals surface area contributed by atoms with Gasteiger partial charge in [-0.15, -0.1) is 0 Å². The first-order valence-corrected chi connectivity index (χ1v) is 9.92. The van der Waals surface area contributed by atoms with Crippen LogP contribution >= 0.6 is 11.6 Å². The van der Waals surface area contributed by atoms with E-state index < -0.39 is 0 Å². The van der Waals surface area contributed by atoms with E-state index in [2.05, 4.69) is 36.2 Å². The van der Waals surface area contributed by atoms with Gasteiger partial charge in [-0.05, 0) is 68.1 Å². The van der Waals surface area contributed by atoms with Gasteiger partial charge >= 0.3 is 0 Å². The largest absolute Gasteiger partial charge is 0.495 e. The van der Waals surface area contributed by atoms with E-state index in [4.69, 9.17) is 21.1 Å². The zero-order chi connectivity index (χ0) is 20.1. The van der Waals surface area contributed by atoms with Crippen molar-refractivity contribution >= 4 is 23.2 Å². The summed E-state index contributed by atoms with van der Waals surface area (Å²) in [6.45, 7) is 6.19. The summed E-state index contributed by atoms with van der Waals surface area (Å²) in [4.78, 5) is 14.6. The van der Waals surface area contributed by atoms with E-state index in [1.54, 1.807) is 25.3 Å². The summed E-state index contributed by atoms with van der Waals surface area (Å²) >= 11 is 6.02. The number of hydrogen-bond acceptors (Lipinski definition) is 4. The normalized spacial score (nSPS) is 15.3. The average molecular weight is 403 g/mol. The van der Waals surface area contributed by atoms with Crippen LogP contribution in [0.4, 0.5) is 5.69 Å². The number of aryl methyl sites for hydroxylation is 2. The first-order valence-electron chi connectivity index (χ1n) is 9.54. The molecule has 1 fully saturated rings. The first-order chi connectivity index (χ1) is 13.4. The third kappa shape index (κ3) is 5.40. The smallest absolute Gasteiger partial charge is 0.238 e. The van der Waals surface area contributed by atoms with Crippen LogP contribution in [0.15, 0.2) is 36.4 Å². The van der Waals surface area contributed by atoms with Crippen molar-refractivity contribution in [3.63, 3.8) is 0 Å².